The molecule has 5 nitrogen and oxygen atoms in total. The predicted octanol–water partition coefficient (Wildman–Crippen LogP) is 8.79. The zero-order valence-corrected chi connectivity index (χ0v) is 22.5. The number of hydrogen-bond donors (Lipinski definition) is 0. The lowest BCUT2D eigenvalue weighted by atomic mass is 9.96. The van der Waals surface area contributed by atoms with Crippen molar-refractivity contribution < 1.29 is 0 Å². The molecule has 8 aromatic rings. The maximum Gasteiger partial charge on any atom is 0.0979 e. The topological polar surface area (TPSA) is 64.5 Å². The van der Waals surface area contributed by atoms with E-state index < -0.39 is 0 Å². The third-order valence-corrected chi connectivity index (χ3v) is 7.55. The molecule has 4 aromatic carbocycles. The Labute approximate surface area is 242 Å². The second-order valence-corrected chi connectivity index (χ2v) is 10.2. The molecule has 0 fully saturated rings. The van der Waals surface area contributed by atoms with Crippen molar-refractivity contribution in [2.45, 2.75) is 0 Å². The second-order valence-electron chi connectivity index (χ2n) is 10.2. The van der Waals surface area contributed by atoms with Gasteiger partial charge in [0.05, 0.1) is 44.8 Å². The van der Waals surface area contributed by atoms with Gasteiger partial charge in [-0.15, -0.1) is 0 Å². The van der Waals surface area contributed by atoms with Gasteiger partial charge >= 0.3 is 0 Å². The molecule has 196 valence electrons. The van der Waals surface area contributed by atoms with Gasteiger partial charge in [-0.25, -0.2) is 19.9 Å². The van der Waals surface area contributed by atoms with E-state index in [9.17, 15) is 0 Å². The molecule has 0 N–H and O–H groups in total. The molecule has 0 radical (unpaired) electrons. The van der Waals surface area contributed by atoms with Gasteiger partial charge in [0, 0.05) is 45.4 Å². The summed E-state index contributed by atoms with van der Waals surface area (Å²) in [5, 5.41) is 2.08. The van der Waals surface area contributed by atoms with Gasteiger partial charge in [0.15, 0.2) is 0 Å². The quantitative estimate of drug-likeness (QED) is 0.210. The molecule has 0 unspecified atom stereocenters. The number of fused-ring (bicyclic) bond motifs is 4. The fourth-order valence-electron chi connectivity index (χ4n) is 5.49. The van der Waals surface area contributed by atoms with Gasteiger partial charge < -0.3 is 0 Å². The fraction of sp³-hybridized carbons (Fsp3) is 0. The number of para-hydroxylation sites is 2. The van der Waals surface area contributed by atoms with E-state index in [4.69, 9.17) is 19.9 Å². The number of rotatable bonds is 4. The smallest absolute Gasteiger partial charge is 0.0979 e. The van der Waals surface area contributed by atoms with Crippen LogP contribution in [0.5, 0.6) is 0 Å². The minimum absolute atomic E-state index is 0.826. The van der Waals surface area contributed by atoms with E-state index in [1.54, 1.807) is 6.20 Å². The molecule has 0 aliphatic carbocycles. The first-order chi connectivity index (χ1) is 20.8. The highest BCUT2D eigenvalue weighted by molar-refractivity contribution is 6.04. The van der Waals surface area contributed by atoms with Crippen LogP contribution < -0.4 is 0 Å². The molecule has 0 amide bonds. The maximum absolute atomic E-state index is 5.23. The van der Waals surface area contributed by atoms with Crippen molar-refractivity contribution in [2.24, 2.45) is 0 Å². The average molecular weight is 538 g/mol. The number of benzene rings is 4. The summed E-state index contributed by atoms with van der Waals surface area (Å²) >= 11 is 0. The first-order valence-corrected chi connectivity index (χ1v) is 13.8. The molecule has 0 aliphatic heterocycles. The van der Waals surface area contributed by atoms with E-state index in [-0.39, 0.29) is 0 Å². The Kier molecular flexibility index (Phi) is 5.71. The monoisotopic (exact) mass is 537 g/mol. The van der Waals surface area contributed by atoms with Crippen LogP contribution in [0.1, 0.15) is 0 Å². The van der Waals surface area contributed by atoms with Crippen molar-refractivity contribution >= 4 is 32.8 Å². The Balaban J connectivity index is 1.35. The van der Waals surface area contributed by atoms with Gasteiger partial charge in [-0.05, 0) is 36.4 Å². The minimum atomic E-state index is 0.826. The zero-order valence-electron chi connectivity index (χ0n) is 22.5. The van der Waals surface area contributed by atoms with Crippen LogP contribution in [0.25, 0.3) is 77.9 Å². The standard InChI is InChI=1S/C37H23N5/c1-2-9-24(10-3-1)36-37(42-33-15-7-6-14-32(33)41-36)29-13-5-4-12-28(29)31-21-19-26-17-16-25-18-20-30(27-11-8-22-38-23-27)39-34(25)35(26)40-31/h1-23H. The highest BCUT2D eigenvalue weighted by Gasteiger charge is 2.18. The van der Waals surface area contributed by atoms with Crippen molar-refractivity contribution in [3.63, 3.8) is 0 Å². The van der Waals surface area contributed by atoms with Gasteiger partial charge in [0.1, 0.15) is 0 Å². The Hall–Kier alpha value is -5.81. The average Bonchev–Trinajstić information content (AvgIpc) is 3.08. The molecule has 0 spiro atoms. The van der Waals surface area contributed by atoms with E-state index in [0.29, 0.717) is 0 Å². The summed E-state index contributed by atoms with van der Waals surface area (Å²) in [6.07, 6.45) is 3.61. The lowest BCUT2D eigenvalue weighted by molar-refractivity contribution is 1.29. The SMILES string of the molecule is c1ccc(-c2nc3ccccc3nc2-c2ccccc2-c2ccc3ccc4ccc(-c5cccnc5)nc4c3n2)cc1. The lowest BCUT2D eigenvalue weighted by Gasteiger charge is -2.14. The Bertz CT molecular complexity index is 2250. The summed E-state index contributed by atoms with van der Waals surface area (Å²) < 4.78 is 0. The molecular weight excluding hydrogens is 514 g/mol. The first kappa shape index (κ1) is 24.0. The predicted molar refractivity (Wildman–Crippen MR) is 170 cm³/mol. The molecule has 0 saturated carbocycles. The third-order valence-electron chi connectivity index (χ3n) is 7.55. The van der Waals surface area contributed by atoms with Gasteiger partial charge in [0.2, 0.25) is 0 Å². The fourth-order valence-corrected chi connectivity index (χ4v) is 5.49. The molecule has 0 atom stereocenters. The van der Waals surface area contributed by atoms with Crippen LogP contribution in [-0.2, 0) is 0 Å². The van der Waals surface area contributed by atoms with Crippen LogP contribution in [0.15, 0.2) is 140 Å². The summed E-state index contributed by atoms with van der Waals surface area (Å²) in [5.41, 5.74) is 10.8. The van der Waals surface area contributed by atoms with E-state index in [1.807, 2.05) is 79.0 Å². The van der Waals surface area contributed by atoms with Gasteiger partial charge in [-0.1, -0.05) is 91.0 Å². The van der Waals surface area contributed by atoms with E-state index in [2.05, 4.69) is 59.6 Å². The van der Waals surface area contributed by atoms with Crippen molar-refractivity contribution in [1.29, 1.82) is 0 Å². The molecule has 4 aromatic heterocycles. The highest BCUT2D eigenvalue weighted by Crippen LogP contribution is 2.37. The number of hydrogen-bond acceptors (Lipinski definition) is 5. The van der Waals surface area contributed by atoms with Crippen LogP contribution >= 0.6 is 0 Å². The molecule has 0 saturated heterocycles. The summed E-state index contributed by atoms with van der Waals surface area (Å²) in [6, 6.07) is 43.0. The van der Waals surface area contributed by atoms with Crippen LogP contribution in [0, 0.1) is 0 Å². The van der Waals surface area contributed by atoms with Crippen LogP contribution in [0.2, 0.25) is 0 Å². The van der Waals surface area contributed by atoms with E-state index >= 15 is 0 Å². The Morgan fingerprint density at radius 1 is 0.381 bits per heavy atom. The molecule has 0 aliphatic rings. The lowest BCUT2D eigenvalue weighted by Crippen LogP contribution is -1.98. The molecule has 8 rings (SSSR count). The number of pyridine rings is 3. The highest BCUT2D eigenvalue weighted by atomic mass is 14.8. The van der Waals surface area contributed by atoms with Gasteiger partial charge in [0.25, 0.3) is 0 Å². The van der Waals surface area contributed by atoms with Crippen molar-refractivity contribution in [2.75, 3.05) is 0 Å². The van der Waals surface area contributed by atoms with Crippen molar-refractivity contribution in [3.8, 4) is 45.0 Å². The summed E-state index contributed by atoms with van der Waals surface area (Å²) in [6.45, 7) is 0. The Morgan fingerprint density at radius 2 is 0.952 bits per heavy atom. The van der Waals surface area contributed by atoms with Crippen molar-refractivity contribution in [1.82, 2.24) is 24.9 Å². The van der Waals surface area contributed by atoms with Crippen LogP contribution in [-0.4, -0.2) is 24.9 Å². The van der Waals surface area contributed by atoms with Gasteiger partial charge in [-0.2, -0.15) is 0 Å². The Morgan fingerprint density at radius 3 is 1.67 bits per heavy atom. The first-order valence-electron chi connectivity index (χ1n) is 13.8. The number of aromatic nitrogens is 5. The summed E-state index contributed by atoms with van der Waals surface area (Å²) in [7, 11) is 0. The third kappa shape index (κ3) is 4.16. The van der Waals surface area contributed by atoms with E-state index in [0.717, 1.165) is 77.9 Å². The molecule has 4 heterocycles. The molecule has 5 heteroatoms. The zero-order chi connectivity index (χ0) is 27.9. The van der Waals surface area contributed by atoms with Crippen LogP contribution in [0.4, 0.5) is 0 Å². The van der Waals surface area contributed by atoms with E-state index in [1.165, 1.54) is 0 Å². The van der Waals surface area contributed by atoms with Crippen molar-refractivity contribution in [3.05, 3.63) is 140 Å². The largest absolute Gasteiger partial charge is 0.264 e. The normalized spacial score (nSPS) is 11.3. The molecular formula is C37H23N5. The summed E-state index contributed by atoms with van der Waals surface area (Å²) in [4.78, 5) is 24.8. The second kappa shape index (κ2) is 9.98. The number of nitrogens with zero attached hydrogens (tertiary/aromatic N) is 5. The molecule has 42 heavy (non-hydrogen) atoms. The minimum Gasteiger partial charge on any atom is -0.264 e. The summed E-state index contributed by atoms with van der Waals surface area (Å²) in [5.74, 6) is 0. The van der Waals surface area contributed by atoms with Crippen LogP contribution in [0.3, 0.4) is 0 Å². The maximum atomic E-state index is 5.23. The molecule has 0 bridgehead atoms. The van der Waals surface area contributed by atoms with Gasteiger partial charge in [-0.3, -0.25) is 4.98 Å².